The van der Waals surface area contributed by atoms with Crippen molar-refractivity contribution in [3.8, 4) is 0 Å². The summed E-state index contributed by atoms with van der Waals surface area (Å²) in [4.78, 5) is 23.3. The van der Waals surface area contributed by atoms with E-state index in [1.54, 1.807) is 0 Å². The first kappa shape index (κ1) is 21.0. The summed E-state index contributed by atoms with van der Waals surface area (Å²) >= 11 is 0. The van der Waals surface area contributed by atoms with Crippen LogP contribution in [0, 0.1) is 5.92 Å². The Morgan fingerprint density at radius 3 is 2.36 bits per heavy atom. The molecule has 0 radical (unpaired) electrons. The second-order valence-corrected chi connectivity index (χ2v) is 6.50. The molecule has 0 saturated carbocycles. The van der Waals surface area contributed by atoms with Crippen molar-refractivity contribution < 1.29 is 14.3 Å². The highest BCUT2D eigenvalue weighted by Crippen LogP contribution is 2.20. The molecule has 0 aliphatic rings. The molecule has 0 aromatic heterocycles. The van der Waals surface area contributed by atoms with Gasteiger partial charge in [-0.15, -0.1) is 0 Å². The minimum atomic E-state index is -0.130. The van der Waals surface area contributed by atoms with Crippen LogP contribution < -0.4 is 10.6 Å². The summed E-state index contributed by atoms with van der Waals surface area (Å²) in [5, 5.41) is 5.97. The normalized spacial score (nSPS) is 11.8. The Kier molecular flexibility index (Phi) is 10.4. The highest BCUT2D eigenvalue weighted by atomic mass is 16.5. The van der Waals surface area contributed by atoms with E-state index in [1.165, 1.54) is 0 Å². The summed E-state index contributed by atoms with van der Waals surface area (Å²) in [6.45, 7) is 7.10. The van der Waals surface area contributed by atoms with Crippen LogP contribution in [0.4, 0.5) is 4.79 Å². The van der Waals surface area contributed by atoms with E-state index < -0.39 is 0 Å². The fourth-order valence-electron chi connectivity index (χ4n) is 2.67. The van der Waals surface area contributed by atoms with Gasteiger partial charge in [0, 0.05) is 13.0 Å². The van der Waals surface area contributed by atoms with E-state index in [0.29, 0.717) is 25.5 Å². The van der Waals surface area contributed by atoms with Crippen LogP contribution in [0.2, 0.25) is 0 Å². The van der Waals surface area contributed by atoms with Gasteiger partial charge in [0.15, 0.2) is 0 Å². The lowest BCUT2D eigenvalue weighted by Gasteiger charge is -2.23. The molecule has 5 heteroatoms. The number of unbranched alkanes of at least 4 members (excludes halogenated alkanes) is 3. The highest BCUT2D eigenvalue weighted by molar-refractivity contribution is 5.74. The first-order chi connectivity index (χ1) is 12.0. The van der Waals surface area contributed by atoms with Gasteiger partial charge in [0.2, 0.25) is 0 Å². The Bertz CT molecular complexity index is 503. The smallest absolute Gasteiger partial charge is 0.315 e. The van der Waals surface area contributed by atoms with E-state index in [9.17, 15) is 9.59 Å². The van der Waals surface area contributed by atoms with Crippen LogP contribution in [0.25, 0.3) is 0 Å². The number of rotatable bonds is 11. The van der Waals surface area contributed by atoms with E-state index in [1.807, 2.05) is 37.3 Å². The maximum Gasteiger partial charge on any atom is 0.315 e. The molecule has 1 aromatic carbocycles. The van der Waals surface area contributed by atoms with E-state index in [0.717, 1.165) is 31.2 Å². The first-order valence-corrected chi connectivity index (χ1v) is 9.29. The highest BCUT2D eigenvalue weighted by Gasteiger charge is 2.17. The van der Waals surface area contributed by atoms with Crippen molar-refractivity contribution in [1.29, 1.82) is 0 Å². The molecule has 25 heavy (non-hydrogen) atoms. The predicted molar refractivity (Wildman–Crippen MR) is 100 cm³/mol. The zero-order valence-corrected chi connectivity index (χ0v) is 15.7. The maximum absolute atomic E-state index is 12.1. The third-order valence-electron chi connectivity index (χ3n) is 4.01. The molecule has 2 amide bonds. The topological polar surface area (TPSA) is 67.4 Å². The molecule has 1 aromatic rings. The number of carbonyl (C=O) groups is 2. The molecule has 0 spiro atoms. The molecular weight excluding hydrogens is 316 g/mol. The summed E-state index contributed by atoms with van der Waals surface area (Å²) in [5.41, 5.74) is 1.12. The molecule has 0 aliphatic carbocycles. The monoisotopic (exact) mass is 348 g/mol. The largest absolute Gasteiger partial charge is 0.466 e. The van der Waals surface area contributed by atoms with Gasteiger partial charge in [0.25, 0.3) is 0 Å². The molecule has 1 rings (SSSR count). The molecule has 0 aliphatic heterocycles. The van der Waals surface area contributed by atoms with Gasteiger partial charge in [-0.3, -0.25) is 4.79 Å². The van der Waals surface area contributed by atoms with Crippen molar-refractivity contribution in [3.05, 3.63) is 35.9 Å². The number of hydrogen-bond acceptors (Lipinski definition) is 3. The number of carbonyl (C=O) groups excluding carboxylic acids is 2. The third-order valence-corrected chi connectivity index (χ3v) is 4.01. The second kappa shape index (κ2) is 12.3. The fraction of sp³-hybridized carbons (Fsp3) is 0.600. The maximum atomic E-state index is 12.1. The SMILES string of the molecule is CCOC(=O)CCCCCCNC(=O)N[C@H](c1ccccc1)C(C)C. The Labute approximate surface area is 151 Å². The lowest BCUT2D eigenvalue weighted by Crippen LogP contribution is -2.40. The van der Waals surface area contributed by atoms with Gasteiger partial charge in [-0.05, 0) is 31.2 Å². The number of hydrogen-bond donors (Lipinski definition) is 2. The first-order valence-electron chi connectivity index (χ1n) is 9.29. The quantitative estimate of drug-likeness (QED) is 0.465. The molecule has 0 unspecified atom stereocenters. The average Bonchev–Trinajstić information content (AvgIpc) is 2.59. The number of urea groups is 1. The van der Waals surface area contributed by atoms with Crippen LogP contribution >= 0.6 is 0 Å². The summed E-state index contributed by atoms with van der Waals surface area (Å²) in [5.74, 6) is 0.191. The molecule has 0 heterocycles. The van der Waals surface area contributed by atoms with Gasteiger partial charge < -0.3 is 15.4 Å². The zero-order valence-electron chi connectivity index (χ0n) is 15.7. The lowest BCUT2D eigenvalue weighted by atomic mass is 9.96. The Morgan fingerprint density at radius 1 is 1.04 bits per heavy atom. The van der Waals surface area contributed by atoms with Crippen molar-refractivity contribution in [2.24, 2.45) is 5.92 Å². The predicted octanol–water partition coefficient (Wildman–Crippen LogP) is 4.20. The Hall–Kier alpha value is -2.04. The van der Waals surface area contributed by atoms with E-state index in [-0.39, 0.29) is 18.0 Å². The molecule has 0 saturated heterocycles. The number of amides is 2. The van der Waals surface area contributed by atoms with Crippen LogP contribution in [-0.4, -0.2) is 25.2 Å². The number of nitrogens with one attached hydrogen (secondary N) is 2. The van der Waals surface area contributed by atoms with Crippen molar-refractivity contribution in [1.82, 2.24) is 10.6 Å². The van der Waals surface area contributed by atoms with Gasteiger partial charge in [-0.1, -0.05) is 57.0 Å². The average molecular weight is 348 g/mol. The summed E-state index contributed by atoms with van der Waals surface area (Å²) in [7, 11) is 0. The van der Waals surface area contributed by atoms with Crippen molar-refractivity contribution in [2.45, 2.75) is 58.9 Å². The number of ether oxygens (including phenoxy) is 1. The van der Waals surface area contributed by atoms with E-state index in [4.69, 9.17) is 4.74 Å². The van der Waals surface area contributed by atoms with Crippen molar-refractivity contribution in [3.63, 3.8) is 0 Å². The minimum Gasteiger partial charge on any atom is -0.466 e. The van der Waals surface area contributed by atoms with Crippen LogP contribution in [0.1, 0.15) is 64.5 Å². The van der Waals surface area contributed by atoms with Gasteiger partial charge in [-0.25, -0.2) is 4.79 Å². The molecule has 1 atom stereocenters. The van der Waals surface area contributed by atoms with E-state index in [2.05, 4.69) is 24.5 Å². The molecular formula is C20H32N2O3. The van der Waals surface area contributed by atoms with Crippen LogP contribution in [0.3, 0.4) is 0 Å². The molecule has 140 valence electrons. The van der Waals surface area contributed by atoms with Crippen LogP contribution in [0.15, 0.2) is 30.3 Å². The molecule has 5 nitrogen and oxygen atoms in total. The fourth-order valence-corrected chi connectivity index (χ4v) is 2.67. The summed E-state index contributed by atoms with van der Waals surface area (Å²) < 4.78 is 4.89. The molecule has 2 N–H and O–H groups in total. The molecule has 0 fully saturated rings. The van der Waals surface area contributed by atoms with Crippen LogP contribution in [-0.2, 0) is 9.53 Å². The third kappa shape index (κ3) is 9.13. The van der Waals surface area contributed by atoms with Crippen molar-refractivity contribution >= 4 is 12.0 Å². The van der Waals surface area contributed by atoms with E-state index >= 15 is 0 Å². The lowest BCUT2D eigenvalue weighted by molar-refractivity contribution is -0.143. The molecule has 0 bridgehead atoms. The summed E-state index contributed by atoms with van der Waals surface area (Å²) in [6, 6.07) is 9.90. The zero-order chi connectivity index (χ0) is 18.5. The Balaban J connectivity index is 2.18. The van der Waals surface area contributed by atoms with Gasteiger partial charge in [-0.2, -0.15) is 0 Å². The summed E-state index contributed by atoms with van der Waals surface area (Å²) in [6.07, 6.45) is 4.20. The van der Waals surface area contributed by atoms with Crippen LogP contribution in [0.5, 0.6) is 0 Å². The second-order valence-electron chi connectivity index (χ2n) is 6.50. The minimum absolute atomic E-state index is 0.00535. The van der Waals surface area contributed by atoms with Gasteiger partial charge in [0.1, 0.15) is 0 Å². The number of esters is 1. The Morgan fingerprint density at radius 2 is 1.72 bits per heavy atom. The van der Waals surface area contributed by atoms with Gasteiger partial charge in [0.05, 0.1) is 12.6 Å². The number of benzene rings is 1. The standard InChI is InChI=1S/C20H32N2O3/c1-4-25-18(23)14-10-5-6-11-15-21-20(24)22-19(16(2)3)17-12-8-7-9-13-17/h7-9,12-13,16,19H,4-6,10-11,14-15H2,1-3H3,(H2,21,22,24)/t19-/m0/s1. The van der Waals surface area contributed by atoms with Crippen molar-refractivity contribution in [2.75, 3.05) is 13.2 Å². The van der Waals surface area contributed by atoms with Gasteiger partial charge >= 0.3 is 12.0 Å².